The van der Waals surface area contributed by atoms with Crippen LogP contribution in [-0.4, -0.2) is 49.8 Å². The quantitative estimate of drug-likeness (QED) is 0.848. The van der Waals surface area contributed by atoms with Crippen LogP contribution in [-0.2, 0) is 19.4 Å². The molecule has 146 valence electrons. The molecule has 0 fully saturated rings. The van der Waals surface area contributed by atoms with Crippen LogP contribution >= 0.6 is 0 Å². The van der Waals surface area contributed by atoms with E-state index in [1.807, 2.05) is 23.2 Å². The molecule has 0 unspecified atom stereocenters. The normalized spacial score (nSPS) is 15.3. The summed E-state index contributed by atoms with van der Waals surface area (Å²) in [5, 5.41) is 11.9. The van der Waals surface area contributed by atoms with E-state index in [1.165, 1.54) is 0 Å². The van der Waals surface area contributed by atoms with Gasteiger partial charge in [-0.2, -0.15) is 0 Å². The molecule has 2 aromatic heterocycles. The maximum absolute atomic E-state index is 12.6. The standard InChI is InChI=1S/C20H30N6O/c1-15(2)6-7-16(3)22-20(27)25-10-8-18-23-24-19(26(18)12-11-25)13-17-5-4-9-21-14-17/h4-5,9,14-16H,6-8,10-13H2,1-3H3,(H,22,27)/t16-/m0/s1. The van der Waals surface area contributed by atoms with Crippen LogP contribution in [0.4, 0.5) is 4.79 Å². The number of urea groups is 1. The molecule has 3 heterocycles. The van der Waals surface area contributed by atoms with Gasteiger partial charge in [0.05, 0.1) is 0 Å². The van der Waals surface area contributed by atoms with Crippen molar-refractivity contribution >= 4 is 6.03 Å². The Balaban J connectivity index is 1.57. The summed E-state index contributed by atoms with van der Waals surface area (Å²) in [5.41, 5.74) is 1.12. The highest BCUT2D eigenvalue weighted by Crippen LogP contribution is 2.13. The van der Waals surface area contributed by atoms with E-state index in [9.17, 15) is 4.79 Å². The number of amides is 2. The summed E-state index contributed by atoms with van der Waals surface area (Å²) < 4.78 is 2.16. The first kappa shape index (κ1) is 19.3. The first-order valence-corrected chi connectivity index (χ1v) is 9.88. The van der Waals surface area contributed by atoms with Crippen molar-refractivity contribution in [3.63, 3.8) is 0 Å². The Bertz CT molecular complexity index is 742. The Morgan fingerprint density at radius 3 is 2.78 bits per heavy atom. The lowest BCUT2D eigenvalue weighted by atomic mass is 10.0. The summed E-state index contributed by atoms with van der Waals surface area (Å²) in [6.45, 7) is 8.58. The van der Waals surface area contributed by atoms with E-state index < -0.39 is 0 Å². The Kier molecular flexibility index (Phi) is 6.42. The largest absolute Gasteiger partial charge is 0.336 e. The Morgan fingerprint density at radius 2 is 2.04 bits per heavy atom. The van der Waals surface area contributed by atoms with Gasteiger partial charge in [0.2, 0.25) is 0 Å². The highest BCUT2D eigenvalue weighted by atomic mass is 16.2. The van der Waals surface area contributed by atoms with Gasteiger partial charge in [0.25, 0.3) is 0 Å². The second-order valence-electron chi connectivity index (χ2n) is 7.78. The number of nitrogens with one attached hydrogen (secondary N) is 1. The van der Waals surface area contributed by atoms with Crippen molar-refractivity contribution in [2.75, 3.05) is 13.1 Å². The SMILES string of the molecule is CC(C)CC[C@H](C)NC(=O)N1CCc2nnc(Cc3cccnc3)n2CC1. The molecule has 0 aromatic carbocycles. The lowest BCUT2D eigenvalue weighted by molar-refractivity contribution is 0.194. The van der Waals surface area contributed by atoms with Crippen molar-refractivity contribution in [3.05, 3.63) is 41.7 Å². The van der Waals surface area contributed by atoms with Crippen molar-refractivity contribution in [2.45, 2.75) is 59.0 Å². The number of carbonyl (C=O) groups is 1. The molecule has 0 aliphatic carbocycles. The molecule has 1 N–H and O–H groups in total. The smallest absolute Gasteiger partial charge is 0.317 e. The maximum Gasteiger partial charge on any atom is 0.317 e. The fraction of sp³-hybridized carbons (Fsp3) is 0.600. The van der Waals surface area contributed by atoms with Crippen molar-refractivity contribution in [1.29, 1.82) is 0 Å². The fourth-order valence-electron chi connectivity index (χ4n) is 3.36. The van der Waals surface area contributed by atoms with Crippen LogP contribution < -0.4 is 5.32 Å². The topological polar surface area (TPSA) is 75.9 Å². The van der Waals surface area contributed by atoms with Crippen LogP contribution in [0.25, 0.3) is 0 Å². The molecule has 2 aromatic rings. The number of hydrogen-bond donors (Lipinski definition) is 1. The van der Waals surface area contributed by atoms with Gasteiger partial charge in [0.15, 0.2) is 0 Å². The van der Waals surface area contributed by atoms with Gasteiger partial charge in [-0.1, -0.05) is 19.9 Å². The van der Waals surface area contributed by atoms with E-state index in [4.69, 9.17) is 0 Å². The molecule has 1 aliphatic heterocycles. The van der Waals surface area contributed by atoms with E-state index in [1.54, 1.807) is 6.20 Å². The molecule has 0 bridgehead atoms. The number of aromatic nitrogens is 4. The van der Waals surface area contributed by atoms with Crippen LogP contribution in [0.3, 0.4) is 0 Å². The number of pyridine rings is 1. The van der Waals surface area contributed by atoms with Crippen molar-refractivity contribution in [3.8, 4) is 0 Å². The maximum atomic E-state index is 12.6. The van der Waals surface area contributed by atoms with Crippen molar-refractivity contribution < 1.29 is 4.79 Å². The Morgan fingerprint density at radius 1 is 1.19 bits per heavy atom. The van der Waals surface area contributed by atoms with Crippen LogP contribution in [0.2, 0.25) is 0 Å². The molecular formula is C20H30N6O. The molecule has 1 atom stereocenters. The molecule has 27 heavy (non-hydrogen) atoms. The summed E-state index contributed by atoms with van der Waals surface area (Å²) in [4.78, 5) is 18.7. The van der Waals surface area contributed by atoms with Crippen molar-refractivity contribution in [2.24, 2.45) is 5.92 Å². The number of nitrogens with zero attached hydrogens (tertiary/aromatic N) is 5. The average Bonchev–Trinajstić information content (AvgIpc) is 2.89. The van der Waals surface area contributed by atoms with Crippen LogP contribution in [0, 0.1) is 5.92 Å². The fourth-order valence-corrected chi connectivity index (χ4v) is 3.36. The number of fused-ring (bicyclic) bond motifs is 1. The molecular weight excluding hydrogens is 340 g/mol. The lowest BCUT2D eigenvalue weighted by Gasteiger charge is -2.24. The van der Waals surface area contributed by atoms with Gasteiger partial charge >= 0.3 is 6.03 Å². The minimum absolute atomic E-state index is 0.0266. The van der Waals surface area contributed by atoms with E-state index in [2.05, 4.69) is 45.8 Å². The van der Waals surface area contributed by atoms with Gasteiger partial charge in [-0.3, -0.25) is 4.98 Å². The highest BCUT2D eigenvalue weighted by molar-refractivity contribution is 5.74. The summed E-state index contributed by atoms with van der Waals surface area (Å²) in [6.07, 6.45) is 7.20. The van der Waals surface area contributed by atoms with Gasteiger partial charge in [-0.15, -0.1) is 10.2 Å². The zero-order chi connectivity index (χ0) is 19.2. The minimum Gasteiger partial charge on any atom is -0.336 e. The highest BCUT2D eigenvalue weighted by Gasteiger charge is 2.22. The monoisotopic (exact) mass is 370 g/mol. The second-order valence-corrected chi connectivity index (χ2v) is 7.78. The summed E-state index contributed by atoms with van der Waals surface area (Å²) in [7, 11) is 0. The summed E-state index contributed by atoms with van der Waals surface area (Å²) in [5.74, 6) is 2.55. The Labute approximate surface area is 161 Å². The third kappa shape index (κ3) is 5.28. The molecule has 0 saturated carbocycles. The second kappa shape index (κ2) is 8.97. The molecule has 7 heteroatoms. The number of rotatable bonds is 6. The van der Waals surface area contributed by atoms with Gasteiger partial charge in [-0.05, 0) is 37.3 Å². The summed E-state index contributed by atoms with van der Waals surface area (Å²) >= 11 is 0. The molecule has 3 rings (SSSR count). The van der Waals surface area contributed by atoms with E-state index >= 15 is 0 Å². The van der Waals surface area contributed by atoms with Crippen LogP contribution in [0.5, 0.6) is 0 Å². The molecule has 0 spiro atoms. The lowest BCUT2D eigenvalue weighted by Crippen LogP contribution is -2.45. The Hall–Kier alpha value is -2.44. The number of carbonyl (C=O) groups excluding carboxylic acids is 1. The molecule has 2 amide bonds. The van der Waals surface area contributed by atoms with E-state index in [-0.39, 0.29) is 12.1 Å². The first-order chi connectivity index (χ1) is 13.0. The zero-order valence-electron chi connectivity index (χ0n) is 16.6. The minimum atomic E-state index is 0.0266. The molecule has 7 nitrogen and oxygen atoms in total. The third-order valence-electron chi connectivity index (χ3n) is 5.02. The summed E-state index contributed by atoms with van der Waals surface area (Å²) in [6, 6.07) is 4.20. The molecule has 0 saturated heterocycles. The average molecular weight is 371 g/mol. The predicted octanol–water partition coefficient (Wildman–Crippen LogP) is 2.66. The van der Waals surface area contributed by atoms with Crippen LogP contribution in [0.1, 0.15) is 50.8 Å². The van der Waals surface area contributed by atoms with Gasteiger partial charge in [0.1, 0.15) is 11.6 Å². The van der Waals surface area contributed by atoms with Crippen LogP contribution in [0.15, 0.2) is 24.5 Å². The number of hydrogen-bond acceptors (Lipinski definition) is 4. The molecule has 1 aliphatic rings. The zero-order valence-corrected chi connectivity index (χ0v) is 16.6. The van der Waals surface area contributed by atoms with Crippen molar-refractivity contribution in [1.82, 2.24) is 30.0 Å². The van der Waals surface area contributed by atoms with Gasteiger partial charge < -0.3 is 14.8 Å². The third-order valence-corrected chi connectivity index (χ3v) is 5.02. The van der Waals surface area contributed by atoms with Gasteiger partial charge in [0, 0.05) is 50.9 Å². The van der Waals surface area contributed by atoms with E-state index in [0.717, 1.165) is 43.0 Å². The van der Waals surface area contributed by atoms with Gasteiger partial charge in [-0.25, -0.2) is 4.79 Å². The van der Waals surface area contributed by atoms with E-state index in [0.29, 0.717) is 25.4 Å². The predicted molar refractivity (Wildman–Crippen MR) is 104 cm³/mol. The molecule has 0 radical (unpaired) electrons. The first-order valence-electron chi connectivity index (χ1n) is 9.88.